The molecule has 0 fully saturated rings. The predicted molar refractivity (Wildman–Crippen MR) is 40.7 cm³/mol. The van der Waals surface area contributed by atoms with Crippen molar-refractivity contribution in [3.8, 4) is 0 Å². The van der Waals surface area contributed by atoms with Crippen LogP contribution in [0.4, 0.5) is 22.0 Å². The van der Waals surface area contributed by atoms with Crippen molar-refractivity contribution in [3.05, 3.63) is 22.4 Å². The lowest BCUT2D eigenvalue weighted by Gasteiger charge is -2.18. The first-order valence-corrected chi connectivity index (χ1v) is 4.38. The molecule has 0 bridgehead atoms. The van der Waals surface area contributed by atoms with Crippen LogP contribution in [-0.2, 0) is 4.74 Å². The molecule has 0 saturated heterocycles. The Kier molecular flexibility index (Phi) is 2.98. The summed E-state index contributed by atoms with van der Waals surface area (Å²) < 4.78 is 62.3. The monoisotopic (exact) mass is 246 g/mol. The smallest absolute Gasteiger partial charge is 0.390 e. The van der Waals surface area contributed by atoms with Gasteiger partial charge in [-0.05, 0) is 11.4 Å². The molecule has 1 aromatic rings. The van der Waals surface area contributed by atoms with E-state index in [9.17, 15) is 26.7 Å². The zero-order valence-electron chi connectivity index (χ0n) is 6.85. The van der Waals surface area contributed by atoms with Crippen LogP contribution in [0.5, 0.6) is 0 Å². The molecule has 1 aromatic heterocycles. The van der Waals surface area contributed by atoms with Crippen LogP contribution in [0.15, 0.2) is 16.8 Å². The Bertz CT molecular complexity index is 343. The Balaban J connectivity index is 2.75. The first-order chi connectivity index (χ1) is 6.74. The van der Waals surface area contributed by atoms with Gasteiger partial charge in [-0.25, -0.2) is 4.79 Å². The first kappa shape index (κ1) is 11.9. The number of halogens is 5. The minimum absolute atomic E-state index is 0.344. The van der Waals surface area contributed by atoms with Gasteiger partial charge < -0.3 is 4.74 Å². The number of hydrogen-bond acceptors (Lipinski definition) is 3. The standard InChI is InChI=1S/C7H3F5O2S/c8-6(9,10)7(11,12)14-5(13)4-1-2-15-3-4/h1-3H. The fourth-order valence-corrected chi connectivity index (χ4v) is 1.24. The average Bonchev–Trinajstić information content (AvgIpc) is 2.51. The highest BCUT2D eigenvalue weighted by atomic mass is 32.1. The Morgan fingerprint density at radius 2 is 1.87 bits per heavy atom. The highest BCUT2D eigenvalue weighted by Crippen LogP contribution is 2.36. The van der Waals surface area contributed by atoms with E-state index in [-0.39, 0.29) is 5.56 Å². The van der Waals surface area contributed by atoms with Gasteiger partial charge in [-0.3, -0.25) is 0 Å². The largest absolute Gasteiger partial charge is 0.501 e. The highest BCUT2D eigenvalue weighted by molar-refractivity contribution is 7.08. The fraction of sp³-hybridized carbons (Fsp3) is 0.286. The topological polar surface area (TPSA) is 26.3 Å². The summed E-state index contributed by atoms with van der Waals surface area (Å²) in [7, 11) is 0. The summed E-state index contributed by atoms with van der Waals surface area (Å²) in [5, 5.41) is 2.46. The van der Waals surface area contributed by atoms with E-state index in [1.165, 1.54) is 5.38 Å². The lowest BCUT2D eigenvalue weighted by atomic mass is 10.3. The molecule has 0 saturated carbocycles. The second-order valence-electron chi connectivity index (χ2n) is 2.42. The summed E-state index contributed by atoms with van der Waals surface area (Å²) in [6.45, 7) is 0. The Labute approximate surface area is 84.3 Å². The molecule has 0 aromatic carbocycles. The van der Waals surface area contributed by atoms with Crippen molar-refractivity contribution in [2.45, 2.75) is 12.3 Å². The van der Waals surface area contributed by atoms with E-state index in [1.54, 1.807) is 0 Å². The van der Waals surface area contributed by atoms with Crippen molar-refractivity contribution in [2.75, 3.05) is 0 Å². The molecule has 0 amide bonds. The third-order valence-electron chi connectivity index (χ3n) is 1.31. The van der Waals surface area contributed by atoms with Gasteiger partial charge in [0.1, 0.15) is 0 Å². The number of carbonyl (C=O) groups excluding carboxylic acids is 1. The molecule has 0 N–H and O–H groups in total. The quantitative estimate of drug-likeness (QED) is 0.592. The minimum Gasteiger partial charge on any atom is -0.390 e. The third-order valence-corrected chi connectivity index (χ3v) is 1.99. The van der Waals surface area contributed by atoms with Gasteiger partial charge >= 0.3 is 18.3 Å². The SMILES string of the molecule is O=C(OC(F)(F)C(F)(F)F)c1ccsc1. The van der Waals surface area contributed by atoms with Crippen LogP contribution in [0, 0.1) is 0 Å². The van der Waals surface area contributed by atoms with E-state index >= 15 is 0 Å². The summed E-state index contributed by atoms with van der Waals surface area (Å²) in [6.07, 6.45) is -11.4. The Morgan fingerprint density at radius 3 is 2.27 bits per heavy atom. The molecule has 0 atom stereocenters. The van der Waals surface area contributed by atoms with E-state index in [4.69, 9.17) is 0 Å². The van der Waals surface area contributed by atoms with Gasteiger partial charge in [0, 0.05) is 5.38 Å². The lowest BCUT2D eigenvalue weighted by molar-refractivity contribution is -0.370. The van der Waals surface area contributed by atoms with E-state index in [0.717, 1.165) is 22.8 Å². The zero-order chi connectivity index (χ0) is 11.7. The maximum atomic E-state index is 12.2. The molecule has 0 radical (unpaired) electrons. The number of hydrogen-bond donors (Lipinski definition) is 0. The van der Waals surface area contributed by atoms with Crippen LogP contribution in [-0.4, -0.2) is 18.3 Å². The fourth-order valence-electron chi connectivity index (χ4n) is 0.614. The number of ether oxygens (including phenoxy) is 1. The number of rotatable bonds is 2. The van der Waals surface area contributed by atoms with Gasteiger partial charge in [0.25, 0.3) is 0 Å². The number of esters is 1. The van der Waals surface area contributed by atoms with Crippen LogP contribution >= 0.6 is 11.3 Å². The Hall–Kier alpha value is -1.18. The normalized spacial score (nSPS) is 12.6. The van der Waals surface area contributed by atoms with Gasteiger partial charge in [-0.1, -0.05) is 0 Å². The lowest BCUT2D eigenvalue weighted by Crippen LogP contribution is -2.40. The van der Waals surface area contributed by atoms with E-state index < -0.39 is 18.3 Å². The summed E-state index contributed by atoms with van der Waals surface area (Å²) in [5.74, 6) is -1.71. The van der Waals surface area contributed by atoms with Crippen molar-refractivity contribution in [3.63, 3.8) is 0 Å². The molecule has 1 heterocycles. The number of thiophene rings is 1. The molecular formula is C7H3F5O2S. The van der Waals surface area contributed by atoms with Crippen molar-refractivity contribution in [2.24, 2.45) is 0 Å². The molecule has 2 nitrogen and oxygen atoms in total. The van der Waals surface area contributed by atoms with E-state index in [0.29, 0.717) is 0 Å². The van der Waals surface area contributed by atoms with Gasteiger partial charge in [-0.15, -0.1) is 0 Å². The molecule has 84 valence electrons. The molecule has 0 aliphatic heterocycles. The second-order valence-corrected chi connectivity index (χ2v) is 3.20. The van der Waals surface area contributed by atoms with Crippen LogP contribution in [0.25, 0.3) is 0 Å². The van der Waals surface area contributed by atoms with Crippen LogP contribution < -0.4 is 0 Å². The number of alkyl halides is 5. The Morgan fingerprint density at radius 1 is 1.27 bits per heavy atom. The predicted octanol–water partition coefficient (Wildman–Crippen LogP) is 3.06. The van der Waals surface area contributed by atoms with E-state index in [2.05, 4.69) is 4.74 Å². The first-order valence-electron chi connectivity index (χ1n) is 3.44. The minimum atomic E-state index is -5.90. The molecular weight excluding hydrogens is 243 g/mol. The summed E-state index contributed by atoms with van der Waals surface area (Å²) in [4.78, 5) is 10.8. The molecule has 8 heteroatoms. The highest BCUT2D eigenvalue weighted by Gasteiger charge is 2.62. The molecule has 1 rings (SSSR count). The van der Waals surface area contributed by atoms with Crippen LogP contribution in [0.2, 0.25) is 0 Å². The van der Waals surface area contributed by atoms with Gasteiger partial charge in [-0.2, -0.15) is 33.3 Å². The summed E-state index contributed by atoms with van der Waals surface area (Å²) in [6, 6.07) is 1.08. The van der Waals surface area contributed by atoms with E-state index in [1.807, 2.05) is 0 Å². The molecule has 0 aliphatic carbocycles. The van der Waals surface area contributed by atoms with Gasteiger partial charge in [0.15, 0.2) is 0 Å². The van der Waals surface area contributed by atoms with Gasteiger partial charge in [0.2, 0.25) is 0 Å². The average molecular weight is 246 g/mol. The third kappa shape index (κ3) is 2.65. The van der Waals surface area contributed by atoms with Crippen molar-refractivity contribution in [1.82, 2.24) is 0 Å². The van der Waals surface area contributed by atoms with Crippen molar-refractivity contribution in [1.29, 1.82) is 0 Å². The number of carbonyl (C=O) groups is 1. The maximum Gasteiger partial charge on any atom is 0.501 e. The van der Waals surface area contributed by atoms with Crippen LogP contribution in [0.3, 0.4) is 0 Å². The van der Waals surface area contributed by atoms with Crippen molar-refractivity contribution < 1.29 is 31.5 Å². The maximum absolute atomic E-state index is 12.2. The molecule has 0 unspecified atom stereocenters. The van der Waals surface area contributed by atoms with Crippen LogP contribution in [0.1, 0.15) is 10.4 Å². The molecule has 0 spiro atoms. The summed E-state index contributed by atoms with van der Waals surface area (Å²) in [5.41, 5.74) is -0.344. The molecule has 0 aliphatic rings. The molecule has 15 heavy (non-hydrogen) atoms. The van der Waals surface area contributed by atoms with Gasteiger partial charge in [0.05, 0.1) is 5.56 Å². The summed E-state index contributed by atoms with van der Waals surface area (Å²) >= 11 is 0.974. The zero-order valence-corrected chi connectivity index (χ0v) is 7.66. The van der Waals surface area contributed by atoms with Crippen molar-refractivity contribution >= 4 is 17.3 Å². The second kappa shape index (κ2) is 3.76.